The lowest BCUT2D eigenvalue weighted by Crippen LogP contribution is -1.86. The van der Waals surface area contributed by atoms with Crippen molar-refractivity contribution in [3.8, 4) is 11.1 Å². The summed E-state index contributed by atoms with van der Waals surface area (Å²) in [7, 11) is 0. The van der Waals surface area contributed by atoms with E-state index in [2.05, 4.69) is 80.6 Å². The smallest absolute Gasteiger partial charge is 0.0355 e. The van der Waals surface area contributed by atoms with Gasteiger partial charge in [0.1, 0.15) is 0 Å². The fraction of sp³-hybridized carbons (Fsp3) is 0.143. The first-order valence-electron chi connectivity index (χ1n) is 7.74. The minimum atomic E-state index is 0.581. The zero-order chi connectivity index (χ0) is 15.1. The summed E-state index contributed by atoms with van der Waals surface area (Å²) in [5, 5.41) is 2.73. The van der Waals surface area contributed by atoms with Crippen LogP contribution in [0.2, 0.25) is 0 Å². The highest BCUT2D eigenvalue weighted by atomic mass is 32.1. The average Bonchev–Trinajstić information content (AvgIpc) is 2.92. The molecule has 0 atom stereocenters. The van der Waals surface area contributed by atoms with Crippen molar-refractivity contribution in [2.24, 2.45) is 0 Å². The Morgan fingerprint density at radius 1 is 0.682 bits per heavy atom. The molecule has 0 saturated carbocycles. The number of benzene rings is 3. The number of hydrogen-bond donors (Lipinski definition) is 0. The molecule has 1 heteroatoms. The van der Waals surface area contributed by atoms with Gasteiger partial charge in [-0.1, -0.05) is 62.4 Å². The molecule has 0 saturated heterocycles. The van der Waals surface area contributed by atoms with Crippen molar-refractivity contribution in [2.45, 2.75) is 19.8 Å². The molecule has 0 aliphatic carbocycles. The van der Waals surface area contributed by atoms with Crippen LogP contribution in [0.1, 0.15) is 25.3 Å². The number of rotatable bonds is 2. The molecular formula is C21H18S. The van der Waals surface area contributed by atoms with Crippen molar-refractivity contribution in [3.05, 3.63) is 72.3 Å². The van der Waals surface area contributed by atoms with Crippen molar-refractivity contribution in [2.75, 3.05) is 0 Å². The van der Waals surface area contributed by atoms with Crippen LogP contribution in [0.4, 0.5) is 0 Å². The number of hydrogen-bond acceptors (Lipinski definition) is 1. The Morgan fingerprint density at radius 2 is 1.36 bits per heavy atom. The molecule has 0 nitrogen and oxygen atoms in total. The zero-order valence-electron chi connectivity index (χ0n) is 12.8. The summed E-state index contributed by atoms with van der Waals surface area (Å²) in [6, 6.07) is 24.5. The first-order valence-corrected chi connectivity index (χ1v) is 8.55. The van der Waals surface area contributed by atoms with E-state index >= 15 is 0 Å². The molecule has 0 aliphatic rings. The van der Waals surface area contributed by atoms with Crippen molar-refractivity contribution < 1.29 is 0 Å². The van der Waals surface area contributed by atoms with E-state index in [0.717, 1.165) is 0 Å². The lowest BCUT2D eigenvalue weighted by atomic mass is 9.98. The van der Waals surface area contributed by atoms with Crippen LogP contribution in [-0.2, 0) is 0 Å². The van der Waals surface area contributed by atoms with Crippen molar-refractivity contribution >= 4 is 31.5 Å². The van der Waals surface area contributed by atoms with Gasteiger partial charge in [0.25, 0.3) is 0 Å². The second kappa shape index (κ2) is 5.26. The molecule has 1 heterocycles. The average molecular weight is 302 g/mol. The van der Waals surface area contributed by atoms with Crippen molar-refractivity contribution in [3.63, 3.8) is 0 Å². The van der Waals surface area contributed by atoms with Crippen LogP contribution in [0.5, 0.6) is 0 Å². The maximum absolute atomic E-state index is 2.33. The highest BCUT2D eigenvalue weighted by Crippen LogP contribution is 2.36. The molecule has 0 spiro atoms. The van der Waals surface area contributed by atoms with Gasteiger partial charge in [0, 0.05) is 20.2 Å². The van der Waals surface area contributed by atoms with Gasteiger partial charge in [-0.2, -0.15) is 0 Å². The summed E-state index contributed by atoms with van der Waals surface area (Å²) < 4.78 is 2.73. The molecule has 3 aromatic carbocycles. The molecule has 4 rings (SSSR count). The number of thiophene rings is 1. The van der Waals surface area contributed by atoms with E-state index < -0.39 is 0 Å². The first kappa shape index (κ1) is 13.5. The van der Waals surface area contributed by atoms with Crippen LogP contribution in [0.3, 0.4) is 0 Å². The summed E-state index contributed by atoms with van der Waals surface area (Å²) in [5.74, 6) is 0.581. The minimum Gasteiger partial charge on any atom is -0.135 e. The van der Waals surface area contributed by atoms with Crippen LogP contribution in [0.15, 0.2) is 66.7 Å². The van der Waals surface area contributed by atoms with Crippen LogP contribution in [0, 0.1) is 0 Å². The van der Waals surface area contributed by atoms with Gasteiger partial charge < -0.3 is 0 Å². The summed E-state index contributed by atoms with van der Waals surface area (Å²) in [6.45, 7) is 4.47. The fourth-order valence-electron chi connectivity index (χ4n) is 2.97. The van der Waals surface area contributed by atoms with Gasteiger partial charge in [-0.05, 0) is 40.8 Å². The first-order chi connectivity index (χ1) is 10.7. The van der Waals surface area contributed by atoms with E-state index in [1.54, 1.807) is 0 Å². The minimum absolute atomic E-state index is 0.581. The van der Waals surface area contributed by atoms with Crippen LogP contribution < -0.4 is 0 Å². The molecule has 0 aliphatic heterocycles. The lowest BCUT2D eigenvalue weighted by Gasteiger charge is -2.07. The van der Waals surface area contributed by atoms with Gasteiger partial charge in [0.05, 0.1) is 0 Å². The summed E-state index contributed by atoms with van der Waals surface area (Å²) in [6.07, 6.45) is 0. The molecule has 0 bridgehead atoms. The van der Waals surface area contributed by atoms with Crippen molar-refractivity contribution in [1.82, 2.24) is 0 Å². The van der Waals surface area contributed by atoms with Gasteiger partial charge in [0.15, 0.2) is 0 Å². The predicted molar refractivity (Wildman–Crippen MR) is 98.9 cm³/mol. The Hall–Kier alpha value is -2.12. The molecule has 22 heavy (non-hydrogen) atoms. The standard InChI is InChI=1S/C21H18S/c1-14(2)15-7-9-16(10-8-15)17-11-12-21-19(13-17)18-5-3-4-6-20(18)22-21/h3-14H,1-2H3. The van der Waals surface area contributed by atoms with Crippen LogP contribution in [-0.4, -0.2) is 0 Å². The third kappa shape index (κ3) is 2.22. The Balaban J connectivity index is 1.86. The fourth-order valence-corrected chi connectivity index (χ4v) is 4.05. The van der Waals surface area contributed by atoms with E-state index in [9.17, 15) is 0 Å². The Labute approximate surface area is 135 Å². The monoisotopic (exact) mass is 302 g/mol. The maximum Gasteiger partial charge on any atom is 0.0355 e. The maximum atomic E-state index is 2.33. The molecule has 1 aromatic heterocycles. The molecule has 108 valence electrons. The quantitative estimate of drug-likeness (QED) is 0.380. The van der Waals surface area contributed by atoms with Crippen molar-refractivity contribution in [1.29, 1.82) is 0 Å². The molecular weight excluding hydrogens is 284 g/mol. The SMILES string of the molecule is CC(C)c1ccc(-c2ccc3sc4ccccc4c3c2)cc1. The normalized spacial score (nSPS) is 11.6. The molecule has 0 unspecified atom stereocenters. The third-order valence-corrected chi connectivity index (χ3v) is 5.44. The summed E-state index contributed by atoms with van der Waals surface area (Å²) in [4.78, 5) is 0. The summed E-state index contributed by atoms with van der Waals surface area (Å²) in [5.41, 5.74) is 3.98. The van der Waals surface area contributed by atoms with Gasteiger partial charge in [-0.3, -0.25) is 0 Å². The van der Waals surface area contributed by atoms with E-state index in [1.807, 2.05) is 11.3 Å². The topological polar surface area (TPSA) is 0 Å². The van der Waals surface area contributed by atoms with Gasteiger partial charge in [-0.25, -0.2) is 0 Å². The van der Waals surface area contributed by atoms with E-state index in [0.29, 0.717) is 5.92 Å². The van der Waals surface area contributed by atoms with E-state index in [1.165, 1.54) is 36.9 Å². The van der Waals surface area contributed by atoms with E-state index in [4.69, 9.17) is 0 Å². The molecule has 4 aromatic rings. The molecule has 0 amide bonds. The highest BCUT2D eigenvalue weighted by molar-refractivity contribution is 7.25. The van der Waals surface area contributed by atoms with Crippen LogP contribution >= 0.6 is 11.3 Å². The third-order valence-electron chi connectivity index (χ3n) is 4.29. The lowest BCUT2D eigenvalue weighted by molar-refractivity contribution is 0.867. The van der Waals surface area contributed by atoms with Gasteiger partial charge in [0.2, 0.25) is 0 Å². The summed E-state index contributed by atoms with van der Waals surface area (Å²) >= 11 is 1.87. The predicted octanol–water partition coefficient (Wildman–Crippen LogP) is 6.84. The molecule has 0 radical (unpaired) electrons. The zero-order valence-corrected chi connectivity index (χ0v) is 13.7. The Kier molecular flexibility index (Phi) is 3.24. The number of fused-ring (bicyclic) bond motifs is 3. The van der Waals surface area contributed by atoms with E-state index in [-0.39, 0.29) is 0 Å². The highest BCUT2D eigenvalue weighted by Gasteiger charge is 2.07. The Bertz CT molecular complexity index is 943. The van der Waals surface area contributed by atoms with Gasteiger partial charge >= 0.3 is 0 Å². The molecule has 0 N–H and O–H groups in total. The molecule has 0 fully saturated rings. The van der Waals surface area contributed by atoms with Gasteiger partial charge in [-0.15, -0.1) is 11.3 Å². The Morgan fingerprint density at radius 3 is 2.14 bits per heavy atom. The second-order valence-electron chi connectivity index (χ2n) is 6.09. The van der Waals surface area contributed by atoms with Crippen LogP contribution in [0.25, 0.3) is 31.3 Å². The second-order valence-corrected chi connectivity index (χ2v) is 7.17. The largest absolute Gasteiger partial charge is 0.135 e.